The standard InChI is InChI=1S/C13H11Cl2FO/c1-8-9(5-6-17-8)12(15)7-10-11(14)3-2-4-13(10)16/h2-6,12H,7H2,1H3. The summed E-state index contributed by atoms with van der Waals surface area (Å²) < 4.78 is 18.8. The Morgan fingerprint density at radius 3 is 2.71 bits per heavy atom. The van der Waals surface area contributed by atoms with Gasteiger partial charge in [0, 0.05) is 16.1 Å². The second-order valence-electron chi connectivity index (χ2n) is 3.80. The van der Waals surface area contributed by atoms with Crippen LogP contribution in [0.3, 0.4) is 0 Å². The van der Waals surface area contributed by atoms with Crippen molar-refractivity contribution in [2.75, 3.05) is 0 Å². The zero-order valence-electron chi connectivity index (χ0n) is 9.21. The number of rotatable bonds is 3. The summed E-state index contributed by atoms with van der Waals surface area (Å²) in [5.41, 5.74) is 1.31. The Morgan fingerprint density at radius 2 is 2.12 bits per heavy atom. The van der Waals surface area contributed by atoms with Gasteiger partial charge in [0.1, 0.15) is 11.6 Å². The van der Waals surface area contributed by atoms with Crippen LogP contribution in [0.4, 0.5) is 4.39 Å². The van der Waals surface area contributed by atoms with E-state index in [1.807, 2.05) is 6.92 Å². The minimum atomic E-state index is -0.344. The monoisotopic (exact) mass is 272 g/mol. The lowest BCUT2D eigenvalue weighted by atomic mass is 10.0. The molecule has 0 radical (unpaired) electrons. The van der Waals surface area contributed by atoms with Gasteiger partial charge in [0.2, 0.25) is 0 Å². The first-order valence-corrected chi connectivity index (χ1v) is 6.02. The van der Waals surface area contributed by atoms with Gasteiger partial charge in [-0.25, -0.2) is 4.39 Å². The summed E-state index contributed by atoms with van der Waals surface area (Å²) in [7, 11) is 0. The molecule has 0 spiro atoms. The molecular weight excluding hydrogens is 262 g/mol. The SMILES string of the molecule is Cc1occc1C(Cl)Cc1c(F)cccc1Cl. The minimum absolute atomic E-state index is 0.329. The molecule has 1 aromatic heterocycles. The van der Waals surface area contributed by atoms with Gasteiger partial charge in [0.25, 0.3) is 0 Å². The highest BCUT2D eigenvalue weighted by Gasteiger charge is 2.17. The van der Waals surface area contributed by atoms with Gasteiger partial charge in [0.05, 0.1) is 11.6 Å². The van der Waals surface area contributed by atoms with Gasteiger partial charge in [-0.15, -0.1) is 11.6 Å². The van der Waals surface area contributed by atoms with Crippen LogP contribution in [0.5, 0.6) is 0 Å². The number of halogens is 3. The lowest BCUT2D eigenvalue weighted by molar-refractivity contribution is 0.528. The van der Waals surface area contributed by atoms with E-state index < -0.39 is 0 Å². The lowest BCUT2D eigenvalue weighted by Gasteiger charge is -2.10. The van der Waals surface area contributed by atoms with Gasteiger partial charge in [-0.05, 0) is 31.5 Å². The van der Waals surface area contributed by atoms with Crippen LogP contribution in [0.25, 0.3) is 0 Å². The van der Waals surface area contributed by atoms with Crippen molar-refractivity contribution in [3.8, 4) is 0 Å². The molecule has 90 valence electrons. The number of hydrogen-bond donors (Lipinski definition) is 0. The maximum atomic E-state index is 13.6. The first-order chi connectivity index (χ1) is 8.09. The number of benzene rings is 1. The van der Waals surface area contributed by atoms with Crippen molar-refractivity contribution >= 4 is 23.2 Å². The lowest BCUT2D eigenvalue weighted by Crippen LogP contribution is -1.99. The van der Waals surface area contributed by atoms with E-state index in [0.717, 1.165) is 11.3 Å². The average Bonchev–Trinajstić information content (AvgIpc) is 2.70. The first-order valence-electron chi connectivity index (χ1n) is 5.20. The third-order valence-corrected chi connectivity index (χ3v) is 3.42. The van der Waals surface area contributed by atoms with Crippen LogP contribution in [0.2, 0.25) is 5.02 Å². The summed E-state index contributed by atoms with van der Waals surface area (Å²) in [6, 6.07) is 6.41. The quantitative estimate of drug-likeness (QED) is 0.725. The molecule has 1 nitrogen and oxygen atoms in total. The zero-order chi connectivity index (χ0) is 12.4. The molecule has 1 unspecified atom stereocenters. The number of alkyl halides is 1. The van der Waals surface area contributed by atoms with Crippen LogP contribution < -0.4 is 0 Å². The molecule has 0 N–H and O–H groups in total. The molecule has 0 saturated heterocycles. The van der Waals surface area contributed by atoms with Gasteiger partial charge < -0.3 is 4.42 Å². The van der Waals surface area contributed by atoms with Gasteiger partial charge in [-0.2, -0.15) is 0 Å². The maximum Gasteiger partial charge on any atom is 0.127 e. The number of aryl methyl sites for hydroxylation is 1. The molecule has 0 aliphatic carbocycles. The van der Waals surface area contributed by atoms with E-state index in [1.165, 1.54) is 6.07 Å². The van der Waals surface area contributed by atoms with Gasteiger partial charge in [-0.3, -0.25) is 0 Å². The maximum absolute atomic E-state index is 13.6. The fraction of sp³-hybridized carbons (Fsp3) is 0.231. The van der Waals surface area contributed by atoms with E-state index in [4.69, 9.17) is 27.6 Å². The molecule has 2 aromatic rings. The van der Waals surface area contributed by atoms with Crippen LogP contribution in [0.15, 0.2) is 34.9 Å². The van der Waals surface area contributed by atoms with Gasteiger partial charge in [0.15, 0.2) is 0 Å². The van der Waals surface area contributed by atoms with Crippen molar-refractivity contribution in [3.63, 3.8) is 0 Å². The van der Waals surface area contributed by atoms with E-state index in [2.05, 4.69) is 0 Å². The predicted molar refractivity (Wildman–Crippen MR) is 67.2 cm³/mol. The zero-order valence-corrected chi connectivity index (χ0v) is 10.7. The summed E-state index contributed by atoms with van der Waals surface area (Å²) in [5.74, 6) is 0.418. The molecule has 0 bridgehead atoms. The Hall–Kier alpha value is -0.990. The van der Waals surface area contributed by atoms with Crippen molar-refractivity contribution in [1.82, 2.24) is 0 Å². The summed E-state index contributed by atoms with van der Waals surface area (Å²) in [5, 5.41) is 0.0555. The predicted octanol–water partition coefficient (Wildman–Crippen LogP) is 4.90. The molecule has 4 heteroatoms. The van der Waals surface area contributed by atoms with Crippen LogP contribution in [-0.2, 0) is 6.42 Å². The third kappa shape index (κ3) is 2.64. The normalized spacial score (nSPS) is 12.7. The summed E-state index contributed by atoms with van der Waals surface area (Å²) >= 11 is 12.2. The van der Waals surface area contributed by atoms with Crippen LogP contribution in [0.1, 0.15) is 22.3 Å². The van der Waals surface area contributed by atoms with E-state index >= 15 is 0 Å². The topological polar surface area (TPSA) is 13.1 Å². The Balaban J connectivity index is 2.25. The highest BCUT2D eigenvalue weighted by atomic mass is 35.5. The summed E-state index contributed by atoms with van der Waals surface area (Å²) in [6.07, 6.45) is 1.91. The van der Waals surface area contributed by atoms with Crippen LogP contribution in [-0.4, -0.2) is 0 Å². The van der Waals surface area contributed by atoms with Crippen molar-refractivity contribution in [2.45, 2.75) is 18.7 Å². The Labute approximate surface area is 109 Å². The second kappa shape index (κ2) is 5.11. The van der Waals surface area contributed by atoms with Crippen molar-refractivity contribution < 1.29 is 8.81 Å². The Bertz CT molecular complexity index is 502. The Kier molecular flexibility index (Phi) is 3.75. The third-order valence-electron chi connectivity index (χ3n) is 2.68. The van der Waals surface area contributed by atoms with Crippen molar-refractivity contribution in [3.05, 3.63) is 58.3 Å². The van der Waals surface area contributed by atoms with E-state index in [-0.39, 0.29) is 11.2 Å². The molecule has 0 aliphatic heterocycles. The molecule has 0 amide bonds. The van der Waals surface area contributed by atoms with Crippen molar-refractivity contribution in [2.24, 2.45) is 0 Å². The highest BCUT2D eigenvalue weighted by Crippen LogP contribution is 2.31. The average molecular weight is 273 g/mol. The van der Waals surface area contributed by atoms with Gasteiger partial charge >= 0.3 is 0 Å². The number of furan rings is 1. The molecule has 1 atom stereocenters. The second-order valence-corrected chi connectivity index (χ2v) is 4.74. The molecule has 1 aromatic carbocycles. The molecule has 0 saturated carbocycles. The molecule has 1 heterocycles. The molecular formula is C13H11Cl2FO. The fourth-order valence-electron chi connectivity index (χ4n) is 1.74. The molecule has 0 aliphatic rings. The van der Waals surface area contributed by atoms with Gasteiger partial charge in [-0.1, -0.05) is 17.7 Å². The fourth-order valence-corrected chi connectivity index (χ4v) is 2.36. The minimum Gasteiger partial charge on any atom is -0.469 e. The van der Waals surface area contributed by atoms with E-state index in [1.54, 1.807) is 24.5 Å². The Morgan fingerprint density at radius 1 is 1.35 bits per heavy atom. The van der Waals surface area contributed by atoms with E-state index in [9.17, 15) is 4.39 Å². The van der Waals surface area contributed by atoms with Crippen LogP contribution in [0, 0.1) is 12.7 Å². The summed E-state index contributed by atoms with van der Waals surface area (Å²) in [4.78, 5) is 0. The van der Waals surface area contributed by atoms with E-state index in [0.29, 0.717) is 17.0 Å². The highest BCUT2D eigenvalue weighted by molar-refractivity contribution is 6.31. The molecule has 0 fully saturated rings. The van der Waals surface area contributed by atoms with Crippen LogP contribution >= 0.6 is 23.2 Å². The first kappa shape index (κ1) is 12.5. The summed E-state index contributed by atoms with van der Waals surface area (Å²) in [6.45, 7) is 1.83. The molecule has 17 heavy (non-hydrogen) atoms. The smallest absolute Gasteiger partial charge is 0.127 e. The molecule has 2 rings (SSSR count). The van der Waals surface area contributed by atoms with Crippen molar-refractivity contribution in [1.29, 1.82) is 0 Å². The number of hydrogen-bond acceptors (Lipinski definition) is 1. The largest absolute Gasteiger partial charge is 0.469 e.